The summed E-state index contributed by atoms with van der Waals surface area (Å²) in [6.45, 7) is 0.191. The summed E-state index contributed by atoms with van der Waals surface area (Å²) in [5.41, 5.74) is 1.08. The second-order valence-corrected chi connectivity index (χ2v) is 5.97. The molecule has 0 aromatic heterocycles. The van der Waals surface area contributed by atoms with Crippen molar-refractivity contribution >= 4 is 17.9 Å². The van der Waals surface area contributed by atoms with E-state index in [1.54, 1.807) is 0 Å². The number of benzene rings is 2. The van der Waals surface area contributed by atoms with Crippen LogP contribution in [-0.4, -0.2) is 38.7 Å². The van der Waals surface area contributed by atoms with E-state index in [1.165, 1.54) is 32.4 Å². The zero-order valence-electron chi connectivity index (χ0n) is 14.9. The van der Waals surface area contributed by atoms with Gasteiger partial charge in [-0.05, 0) is 36.2 Å². The minimum atomic E-state index is -0.659. The third-order valence-electron chi connectivity index (χ3n) is 4.18. The van der Waals surface area contributed by atoms with Crippen molar-refractivity contribution in [3.8, 4) is 11.5 Å². The smallest absolute Gasteiger partial charge is 0.338 e. The van der Waals surface area contributed by atoms with Crippen molar-refractivity contribution in [2.75, 3.05) is 20.8 Å². The summed E-state index contributed by atoms with van der Waals surface area (Å²) in [7, 11) is 2.44. The van der Waals surface area contributed by atoms with Crippen LogP contribution in [0.3, 0.4) is 0 Å². The normalized spacial score (nSPS) is 15.1. The molecule has 1 atom stereocenters. The highest BCUT2D eigenvalue weighted by molar-refractivity contribution is 5.96. The van der Waals surface area contributed by atoms with Crippen LogP contribution in [0, 0.1) is 5.92 Å². The fourth-order valence-electron chi connectivity index (χ4n) is 2.81. The van der Waals surface area contributed by atoms with Crippen LogP contribution >= 0.6 is 0 Å². The highest BCUT2D eigenvalue weighted by Crippen LogP contribution is 2.28. The Labute approximate surface area is 155 Å². The Morgan fingerprint density at radius 2 is 1.59 bits per heavy atom. The number of ether oxygens (including phenoxy) is 4. The summed E-state index contributed by atoms with van der Waals surface area (Å²) in [6.07, 6.45) is 0.482. The maximum atomic E-state index is 12.5. The van der Waals surface area contributed by atoms with Gasteiger partial charge in [0.2, 0.25) is 0 Å². The first-order valence-corrected chi connectivity index (χ1v) is 8.26. The largest absolute Gasteiger partial charge is 0.492 e. The Morgan fingerprint density at radius 3 is 2.22 bits per heavy atom. The van der Waals surface area contributed by atoms with Crippen LogP contribution in [0.4, 0.5) is 0 Å². The summed E-state index contributed by atoms with van der Waals surface area (Å²) < 4.78 is 20.3. The number of carbonyl (C=O) groups is 3. The minimum Gasteiger partial charge on any atom is -0.492 e. The number of methoxy groups -OCH3 is 2. The van der Waals surface area contributed by atoms with Crippen molar-refractivity contribution in [3.05, 3.63) is 59.2 Å². The van der Waals surface area contributed by atoms with Gasteiger partial charge in [-0.15, -0.1) is 0 Å². The lowest BCUT2D eigenvalue weighted by Crippen LogP contribution is -2.31. The van der Waals surface area contributed by atoms with Crippen LogP contribution in [-0.2, 0) is 20.7 Å². The molecule has 0 amide bonds. The molecule has 1 aliphatic heterocycles. The van der Waals surface area contributed by atoms with E-state index in [1.807, 2.05) is 24.3 Å². The van der Waals surface area contributed by atoms with Crippen molar-refractivity contribution in [1.82, 2.24) is 0 Å². The molecule has 2 aromatic rings. The van der Waals surface area contributed by atoms with Gasteiger partial charge in [0.1, 0.15) is 18.1 Å². The Bertz CT molecular complexity index is 853. The van der Waals surface area contributed by atoms with Crippen molar-refractivity contribution in [1.29, 1.82) is 0 Å². The summed E-state index contributed by atoms with van der Waals surface area (Å²) in [4.78, 5) is 36.2. The molecule has 0 radical (unpaired) electrons. The number of para-hydroxylation sites is 1. The highest BCUT2D eigenvalue weighted by atomic mass is 16.5. The second kappa shape index (κ2) is 7.90. The van der Waals surface area contributed by atoms with E-state index in [0.29, 0.717) is 6.42 Å². The van der Waals surface area contributed by atoms with E-state index in [2.05, 4.69) is 9.47 Å². The van der Waals surface area contributed by atoms with E-state index >= 15 is 0 Å². The predicted octanol–water partition coefficient (Wildman–Crippen LogP) is 2.42. The van der Waals surface area contributed by atoms with E-state index in [4.69, 9.17) is 9.47 Å². The van der Waals surface area contributed by atoms with Gasteiger partial charge in [0.15, 0.2) is 0 Å². The monoisotopic (exact) mass is 370 g/mol. The van der Waals surface area contributed by atoms with Crippen molar-refractivity contribution in [3.63, 3.8) is 0 Å². The fraction of sp³-hybridized carbons (Fsp3) is 0.250. The zero-order chi connectivity index (χ0) is 19.4. The summed E-state index contributed by atoms with van der Waals surface area (Å²) in [6, 6.07) is 11.5. The Morgan fingerprint density at radius 1 is 0.963 bits per heavy atom. The van der Waals surface area contributed by atoms with E-state index < -0.39 is 23.8 Å². The third kappa shape index (κ3) is 4.08. The second-order valence-electron chi connectivity index (χ2n) is 5.97. The molecule has 0 unspecified atom stereocenters. The molecule has 7 heteroatoms. The molecule has 0 spiro atoms. The molecule has 1 heterocycles. The Kier molecular flexibility index (Phi) is 5.40. The molecule has 0 N–H and O–H groups in total. The lowest BCUT2D eigenvalue weighted by atomic mass is 9.97. The van der Waals surface area contributed by atoms with Gasteiger partial charge in [-0.3, -0.25) is 4.79 Å². The first-order chi connectivity index (χ1) is 13.0. The van der Waals surface area contributed by atoms with Crippen molar-refractivity contribution in [2.45, 2.75) is 6.42 Å². The molecule has 0 fully saturated rings. The van der Waals surface area contributed by atoms with Gasteiger partial charge in [0.05, 0.1) is 31.3 Å². The van der Waals surface area contributed by atoms with Crippen LogP contribution < -0.4 is 9.47 Å². The minimum absolute atomic E-state index is 0.0576. The first-order valence-electron chi connectivity index (χ1n) is 8.26. The molecular weight excluding hydrogens is 352 g/mol. The van der Waals surface area contributed by atoms with E-state index in [-0.39, 0.29) is 23.5 Å². The lowest BCUT2D eigenvalue weighted by Gasteiger charge is -2.23. The third-order valence-corrected chi connectivity index (χ3v) is 4.18. The van der Waals surface area contributed by atoms with Crippen LogP contribution in [0.5, 0.6) is 11.5 Å². The van der Waals surface area contributed by atoms with Gasteiger partial charge in [-0.1, -0.05) is 18.2 Å². The number of hydrogen-bond donors (Lipinski definition) is 0. The molecule has 3 rings (SSSR count). The number of rotatable bonds is 4. The molecule has 0 saturated carbocycles. The van der Waals surface area contributed by atoms with Crippen molar-refractivity contribution < 1.29 is 33.3 Å². The topological polar surface area (TPSA) is 88.1 Å². The number of carbonyl (C=O) groups excluding carboxylic acids is 3. The Balaban J connectivity index is 1.81. The fourth-order valence-corrected chi connectivity index (χ4v) is 2.81. The van der Waals surface area contributed by atoms with E-state index in [0.717, 1.165) is 11.3 Å². The molecular formula is C20H18O7. The number of fused-ring (bicyclic) bond motifs is 1. The molecule has 0 saturated heterocycles. The van der Waals surface area contributed by atoms with Gasteiger partial charge in [0.25, 0.3) is 0 Å². The molecule has 27 heavy (non-hydrogen) atoms. The molecule has 140 valence electrons. The first kappa shape index (κ1) is 18.4. The molecule has 0 aliphatic carbocycles. The quantitative estimate of drug-likeness (QED) is 0.603. The molecule has 1 aliphatic rings. The average molecular weight is 370 g/mol. The predicted molar refractivity (Wildman–Crippen MR) is 93.9 cm³/mol. The number of hydrogen-bond acceptors (Lipinski definition) is 7. The van der Waals surface area contributed by atoms with Crippen LogP contribution in [0.15, 0.2) is 42.5 Å². The highest BCUT2D eigenvalue weighted by Gasteiger charge is 2.28. The van der Waals surface area contributed by atoms with E-state index in [9.17, 15) is 14.4 Å². The number of esters is 3. The van der Waals surface area contributed by atoms with Crippen LogP contribution in [0.1, 0.15) is 26.3 Å². The van der Waals surface area contributed by atoms with Gasteiger partial charge >= 0.3 is 17.9 Å². The molecule has 2 aromatic carbocycles. The summed E-state index contributed by atoms with van der Waals surface area (Å²) in [5.74, 6) is -1.52. The standard InChI is InChI=1S/C20H18O7/c1-24-18(21)13-8-14(19(22)25-2)10-16(9-13)27-20(23)15-7-12-5-3-4-6-17(12)26-11-15/h3-6,8-10,15H,7,11H2,1-2H3/t15-/m0/s1. The van der Waals surface area contributed by atoms with Gasteiger partial charge < -0.3 is 18.9 Å². The average Bonchev–Trinajstić information content (AvgIpc) is 2.71. The van der Waals surface area contributed by atoms with Gasteiger partial charge in [-0.2, -0.15) is 0 Å². The van der Waals surface area contributed by atoms with Crippen molar-refractivity contribution in [2.24, 2.45) is 5.92 Å². The SMILES string of the molecule is COC(=O)c1cc(OC(=O)[C@@H]2COc3ccccc3C2)cc(C(=O)OC)c1. The summed E-state index contributed by atoms with van der Waals surface area (Å²) >= 11 is 0. The zero-order valence-corrected chi connectivity index (χ0v) is 14.9. The maximum absolute atomic E-state index is 12.5. The van der Waals surface area contributed by atoms with Gasteiger partial charge in [0, 0.05) is 0 Å². The summed E-state index contributed by atoms with van der Waals surface area (Å²) in [5, 5.41) is 0. The lowest BCUT2D eigenvalue weighted by molar-refractivity contribution is -0.140. The van der Waals surface area contributed by atoms with Crippen LogP contribution in [0.25, 0.3) is 0 Å². The Hall–Kier alpha value is -3.35. The molecule has 0 bridgehead atoms. The molecule has 7 nitrogen and oxygen atoms in total. The maximum Gasteiger partial charge on any atom is 0.338 e. The van der Waals surface area contributed by atoms with Gasteiger partial charge in [-0.25, -0.2) is 9.59 Å². The van der Waals surface area contributed by atoms with Crippen LogP contribution in [0.2, 0.25) is 0 Å².